The first-order valence-electron chi connectivity index (χ1n) is 3.36. The second-order valence-corrected chi connectivity index (χ2v) is 2.43. The third kappa shape index (κ3) is 1.80. The Morgan fingerprint density at radius 2 is 2.17 bits per heavy atom. The van der Waals surface area contributed by atoms with Crippen LogP contribution in [0.1, 0.15) is 0 Å². The highest BCUT2D eigenvalue weighted by Gasteiger charge is 2.45. The van der Waals surface area contributed by atoms with Gasteiger partial charge in [-0.3, -0.25) is 4.90 Å². The summed E-state index contributed by atoms with van der Waals surface area (Å²) in [5.74, 6) is 0. The molecule has 1 aliphatic rings. The van der Waals surface area contributed by atoms with Crippen molar-refractivity contribution in [1.29, 1.82) is 5.26 Å². The van der Waals surface area contributed by atoms with Crippen LogP contribution < -0.4 is 0 Å². The third-order valence-corrected chi connectivity index (χ3v) is 1.63. The van der Waals surface area contributed by atoms with Gasteiger partial charge >= 0.3 is 6.18 Å². The van der Waals surface area contributed by atoms with Crippen LogP contribution in [0.25, 0.3) is 0 Å². The van der Waals surface area contributed by atoms with Crippen LogP contribution in [0.4, 0.5) is 13.2 Å². The molecule has 1 heterocycles. The van der Waals surface area contributed by atoms with Gasteiger partial charge in [0.1, 0.15) is 0 Å². The molecular weight excluding hydrogens is 173 g/mol. The molecule has 12 heavy (non-hydrogen) atoms. The number of hydrogen-bond donors (Lipinski definition) is 0. The molecule has 0 saturated carbocycles. The van der Waals surface area contributed by atoms with Crippen molar-refractivity contribution >= 4 is 0 Å². The van der Waals surface area contributed by atoms with Crippen molar-refractivity contribution in [1.82, 2.24) is 4.90 Å². The normalized spacial score (nSPS) is 25.2. The van der Waals surface area contributed by atoms with E-state index in [-0.39, 0.29) is 13.2 Å². The van der Waals surface area contributed by atoms with E-state index < -0.39 is 18.8 Å². The predicted molar refractivity (Wildman–Crippen MR) is 33.0 cm³/mol. The van der Waals surface area contributed by atoms with Crippen LogP contribution in [0.15, 0.2) is 0 Å². The number of alkyl halides is 3. The zero-order valence-electron chi connectivity index (χ0n) is 6.14. The highest BCUT2D eigenvalue weighted by molar-refractivity contribution is 4.89. The summed E-state index contributed by atoms with van der Waals surface area (Å²) in [6.07, 6.45) is -2.88. The van der Waals surface area contributed by atoms with Gasteiger partial charge < -0.3 is 4.74 Å². The van der Waals surface area contributed by atoms with Crippen LogP contribution in [-0.2, 0) is 4.74 Å². The summed E-state index contributed by atoms with van der Waals surface area (Å²) in [5, 5.41) is 8.35. The molecule has 0 spiro atoms. The Labute approximate surface area is 67.3 Å². The standard InChI is InChI=1S/C6H7F3N2O/c7-6(8,9)5-3-12-2-1-11(5)4-10/h5H,1-3H2. The van der Waals surface area contributed by atoms with Gasteiger partial charge in [0, 0.05) is 0 Å². The number of nitrogens with zero attached hydrogens (tertiary/aromatic N) is 2. The molecule has 1 atom stereocenters. The van der Waals surface area contributed by atoms with E-state index >= 15 is 0 Å². The number of hydrogen-bond acceptors (Lipinski definition) is 3. The summed E-state index contributed by atoms with van der Waals surface area (Å²) in [5.41, 5.74) is 0. The van der Waals surface area contributed by atoms with E-state index in [4.69, 9.17) is 5.26 Å². The van der Waals surface area contributed by atoms with E-state index in [1.54, 1.807) is 0 Å². The molecule has 0 aromatic carbocycles. The first-order chi connectivity index (χ1) is 5.55. The molecular formula is C6H7F3N2O. The van der Waals surface area contributed by atoms with Gasteiger partial charge in [0.25, 0.3) is 0 Å². The molecule has 1 aliphatic heterocycles. The average molecular weight is 180 g/mol. The molecule has 1 rings (SSSR count). The van der Waals surface area contributed by atoms with Crippen molar-refractivity contribution in [2.45, 2.75) is 12.2 Å². The minimum absolute atomic E-state index is 0.0146. The molecule has 0 aliphatic carbocycles. The van der Waals surface area contributed by atoms with Crippen molar-refractivity contribution in [2.75, 3.05) is 19.8 Å². The molecule has 1 saturated heterocycles. The monoisotopic (exact) mass is 180 g/mol. The van der Waals surface area contributed by atoms with Crippen LogP contribution >= 0.6 is 0 Å². The molecule has 0 aromatic rings. The second kappa shape index (κ2) is 3.19. The SMILES string of the molecule is N#CN1CCOCC1C(F)(F)F. The van der Waals surface area contributed by atoms with Gasteiger partial charge in [0.05, 0.1) is 19.8 Å². The third-order valence-electron chi connectivity index (χ3n) is 1.63. The van der Waals surface area contributed by atoms with Crippen molar-refractivity contribution in [3.63, 3.8) is 0 Å². The van der Waals surface area contributed by atoms with Crippen molar-refractivity contribution < 1.29 is 17.9 Å². The fourth-order valence-electron chi connectivity index (χ4n) is 0.995. The molecule has 0 N–H and O–H groups in total. The Balaban J connectivity index is 2.67. The van der Waals surface area contributed by atoms with Crippen LogP contribution in [0, 0.1) is 11.5 Å². The van der Waals surface area contributed by atoms with Crippen molar-refractivity contribution in [3.8, 4) is 6.19 Å². The van der Waals surface area contributed by atoms with E-state index in [9.17, 15) is 13.2 Å². The Morgan fingerprint density at radius 1 is 1.50 bits per heavy atom. The first-order valence-corrected chi connectivity index (χ1v) is 3.36. The first kappa shape index (κ1) is 9.13. The highest BCUT2D eigenvalue weighted by atomic mass is 19.4. The number of nitriles is 1. The fourth-order valence-corrected chi connectivity index (χ4v) is 0.995. The number of ether oxygens (including phenoxy) is 1. The summed E-state index contributed by atoms with van der Waals surface area (Å²) in [6.45, 7) is -0.252. The molecule has 1 unspecified atom stereocenters. The van der Waals surface area contributed by atoms with Crippen LogP contribution in [0.5, 0.6) is 0 Å². The van der Waals surface area contributed by atoms with Crippen LogP contribution in [0.3, 0.4) is 0 Å². The van der Waals surface area contributed by atoms with E-state index in [1.807, 2.05) is 0 Å². The molecule has 68 valence electrons. The lowest BCUT2D eigenvalue weighted by Crippen LogP contribution is -2.51. The number of morpholine rings is 1. The zero-order valence-corrected chi connectivity index (χ0v) is 6.14. The Hall–Kier alpha value is -0.960. The number of halogens is 3. The van der Waals surface area contributed by atoms with E-state index in [0.717, 1.165) is 0 Å². The number of rotatable bonds is 0. The zero-order chi connectivity index (χ0) is 9.19. The largest absolute Gasteiger partial charge is 0.411 e. The van der Waals surface area contributed by atoms with Gasteiger partial charge in [-0.05, 0) is 0 Å². The van der Waals surface area contributed by atoms with Gasteiger partial charge in [-0.15, -0.1) is 0 Å². The summed E-state index contributed by atoms with van der Waals surface area (Å²) >= 11 is 0. The second-order valence-electron chi connectivity index (χ2n) is 2.43. The van der Waals surface area contributed by atoms with Crippen molar-refractivity contribution in [3.05, 3.63) is 0 Å². The van der Waals surface area contributed by atoms with Crippen LogP contribution in [0.2, 0.25) is 0 Å². The van der Waals surface area contributed by atoms with Gasteiger partial charge in [-0.1, -0.05) is 0 Å². The quantitative estimate of drug-likeness (QED) is 0.515. The maximum Gasteiger partial charge on any atom is 0.411 e. The minimum atomic E-state index is -4.38. The Kier molecular flexibility index (Phi) is 2.43. The average Bonchev–Trinajstić information content (AvgIpc) is 2.03. The smallest absolute Gasteiger partial charge is 0.377 e. The summed E-state index contributed by atoms with van der Waals surface area (Å²) in [7, 11) is 0. The van der Waals surface area contributed by atoms with Gasteiger partial charge in [0.2, 0.25) is 0 Å². The Bertz CT molecular complexity index is 198. The van der Waals surface area contributed by atoms with Gasteiger partial charge in [0.15, 0.2) is 12.2 Å². The fraction of sp³-hybridized carbons (Fsp3) is 0.833. The minimum Gasteiger partial charge on any atom is -0.377 e. The van der Waals surface area contributed by atoms with E-state index in [1.165, 1.54) is 6.19 Å². The van der Waals surface area contributed by atoms with Gasteiger partial charge in [-0.25, -0.2) is 0 Å². The predicted octanol–water partition coefficient (Wildman–Crippen LogP) is 0.731. The lowest BCUT2D eigenvalue weighted by Gasteiger charge is -2.32. The summed E-state index contributed by atoms with van der Waals surface area (Å²) in [6, 6.07) is -1.77. The molecule has 0 bridgehead atoms. The molecule has 1 fully saturated rings. The van der Waals surface area contributed by atoms with E-state index in [0.29, 0.717) is 4.90 Å². The lowest BCUT2D eigenvalue weighted by atomic mass is 10.2. The lowest BCUT2D eigenvalue weighted by molar-refractivity contribution is -0.201. The molecule has 0 radical (unpaired) electrons. The topological polar surface area (TPSA) is 36.3 Å². The maximum absolute atomic E-state index is 12.1. The molecule has 3 nitrogen and oxygen atoms in total. The molecule has 0 amide bonds. The van der Waals surface area contributed by atoms with Crippen molar-refractivity contribution in [2.24, 2.45) is 0 Å². The summed E-state index contributed by atoms with van der Waals surface area (Å²) in [4.78, 5) is 0.698. The Morgan fingerprint density at radius 3 is 2.58 bits per heavy atom. The van der Waals surface area contributed by atoms with Crippen LogP contribution in [-0.4, -0.2) is 36.9 Å². The maximum atomic E-state index is 12.1. The highest BCUT2D eigenvalue weighted by Crippen LogP contribution is 2.26. The van der Waals surface area contributed by atoms with E-state index in [2.05, 4.69) is 4.74 Å². The molecule has 6 heteroatoms. The molecule has 0 aromatic heterocycles. The van der Waals surface area contributed by atoms with Gasteiger partial charge in [-0.2, -0.15) is 18.4 Å². The summed E-state index contributed by atoms with van der Waals surface area (Å²) < 4.78 is 40.9.